The normalized spacial score (nSPS) is 15.5. The van der Waals surface area contributed by atoms with Crippen LogP contribution in [0, 0.1) is 5.92 Å². The maximum absolute atomic E-state index is 14.1. The standard InChI is InChI=1S/C38H47N5O6S/c1-8-21(2)34(37-41-27-11-9-10-12-28(27)42-37)43-38(46)30(17-18-50-7)40-29-16-14-24-25(20-31(29)45)26(39-22(3)44)15-13-23-19-32(47-4)35(48-5)36(49-6)33(23)24/h9-12,14,16,19-21,26,30,34H,8,13,15,17-18H2,1-7H3,(H,39,44)(H,40,45)(H,41,42)(H,43,46)/t21-,26-,30-,34-/m0/s1. The van der Waals surface area contributed by atoms with Gasteiger partial charge in [0.15, 0.2) is 11.5 Å². The van der Waals surface area contributed by atoms with Gasteiger partial charge in [-0.2, -0.15) is 11.8 Å². The molecule has 1 aliphatic rings. The Balaban J connectivity index is 1.57. The summed E-state index contributed by atoms with van der Waals surface area (Å²) in [5, 5.41) is 9.59. The highest BCUT2D eigenvalue weighted by atomic mass is 32.2. The van der Waals surface area contributed by atoms with Crippen LogP contribution >= 0.6 is 11.8 Å². The van der Waals surface area contributed by atoms with E-state index in [2.05, 4.69) is 34.8 Å². The molecule has 266 valence electrons. The minimum absolute atomic E-state index is 0.0948. The Hall–Kier alpha value is -4.71. The van der Waals surface area contributed by atoms with E-state index in [-0.39, 0.29) is 34.9 Å². The fourth-order valence-electron chi connectivity index (χ4n) is 6.61. The van der Waals surface area contributed by atoms with E-state index in [1.54, 1.807) is 45.2 Å². The van der Waals surface area contributed by atoms with Gasteiger partial charge in [-0.3, -0.25) is 14.4 Å². The number of aromatic nitrogens is 2. The van der Waals surface area contributed by atoms with Gasteiger partial charge in [-0.15, -0.1) is 0 Å². The number of rotatable bonds is 14. The fraction of sp³-hybridized carbons (Fsp3) is 0.421. The van der Waals surface area contributed by atoms with E-state index in [9.17, 15) is 14.4 Å². The van der Waals surface area contributed by atoms with Gasteiger partial charge in [-0.05, 0) is 84.2 Å². The van der Waals surface area contributed by atoms with Crippen LogP contribution in [0.5, 0.6) is 17.2 Å². The summed E-state index contributed by atoms with van der Waals surface area (Å²) < 4.78 is 17.3. The number of anilines is 1. The van der Waals surface area contributed by atoms with Gasteiger partial charge in [-0.1, -0.05) is 38.5 Å². The highest BCUT2D eigenvalue weighted by molar-refractivity contribution is 7.98. The molecule has 0 fully saturated rings. The lowest BCUT2D eigenvalue weighted by Crippen LogP contribution is -2.44. The maximum atomic E-state index is 14.1. The van der Waals surface area contributed by atoms with Crippen molar-refractivity contribution in [2.45, 2.75) is 64.6 Å². The van der Waals surface area contributed by atoms with Crippen molar-refractivity contribution in [3.63, 3.8) is 0 Å². The largest absolute Gasteiger partial charge is 0.493 e. The number of benzene rings is 2. The second-order valence-corrected chi connectivity index (χ2v) is 13.6. The van der Waals surface area contributed by atoms with Crippen molar-refractivity contribution in [1.29, 1.82) is 0 Å². The zero-order valence-electron chi connectivity index (χ0n) is 29.8. The number of nitrogens with zero attached hydrogens (tertiary/aromatic N) is 1. The molecule has 1 aromatic heterocycles. The number of amides is 2. The fourth-order valence-corrected chi connectivity index (χ4v) is 7.08. The summed E-state index contributed by atoms with van der Waals surface area (Å²) in [5.41, 5.74) is 4.76. The first kappa shape index (κ1) is 36.6. The molecule has 1 heterocycles. The lowest BCUT2D eigenvalue weighted by Gasteiger charge is -2.26. The molecule has 4 aromatic rings. The van der Waals surface area contributed by atoms with Crippen molar-refractivity contribution < 1.29 is 23.8 Å². The second kappa shape index (κ2) is 16.3. The van der Waals surface area contributed by atoms with Crippen LogP contribution < -0.4 is 35.6 Å². The summed E-state index contributed by atoms with van der Waals surface area (Å²) in [6.45, 7) is 5.64. The number of ether oxygens (including phenoxy) is 3. The summed E-state index contributed by atoms with van der Waals surface area (Å²) in [4.78, 5) is 48.7. The number of methoxy groups -OCH3 is 3. The number of H-pyrrole nitrogens is 1. The Kier molecular flexibility index (Phi) is 11.9. The van der Waals surface area contributed by atoms with E-state index in [1.165, 1.54) is 6.92 Å². The average Bonchev–Trinajstić information content (AvgIpc) is 3.41. The highest BCUT2D eigenvalue weighted by Crippen LogP contribution is 2.50. The Morgan fingerprint density at radius 1 is 1.06 bits per heavy atom. The van der Waals surface area contributed by atoms with Crippen LogP contribution in [0.1, 0.15) is 69.1 Å². The van der Waals surface area contributed by atoms with Crippen molar-refractivity contribution in [3.05, 3.63) is 75.7 Å². The summed E-state index contributed by atoms with van der Waals surface area (Å²) in [7, 11) is 4.68. The molecule has 0 saturated carbocycles. The van der Waals surface area contributed by atoms with E-state index in [1.807, 2.05) is 42.7 Å². The van der Waals surface area contributed by atoms with Crippen molar-refractivity contribution in [3.8, 4) is 28.4 Å². The number of thioether (sulfide) groups is 1. The van der Waals surface area contributed by atoms with Gasteiger partial charge in [0.25, 0.3) is 0 Å². The van der Waals surface area contributed by atoms with E-state index in [4.69, 9.17) is 19.2 Å². The molecule has 0 aliphatic heterocycles. The zero-order valence-corrected chi connectivity index (χ0v) is 30.6. The molecule has 0 saturated heterocycles. The van der Waals surface area contributed by atoms with Gasteiger partial charge in [0, 0.05) is 12.5 Å². The molecule has 0 spiro atoms. The van der Waals surface area contributed by atoms with Crippen LogP contribution in [0.2, 0.25) is 0 Å². The number of nitrogens with one attached hydrogen (secondary N) is 4. The van der Waals surface area contributed by atoms with Crippen LogP contribution in [0.4, 0.5) is 5.69 Å². The van der Waals surface area contributed by atoms with Crippen molar-refractivity contribution >= 4 is 40.3 Å². The van der Waals surface area contributed by atoms with Crippen molar-refractivity contribution in [1.82, 2.24) is 20.6 Å². The lowest BCUT2D eigenvalue weighted by molar-refractivity contribution is -0.123. The number of hydrogen-bond donors (Lipinski definition) is 4. The molecule has 1 aliphatic carbocycles. The minimum Gasteiger partial charge on any atom is -0.493 e. The predicted molar refractivity (Wildman–Crippen MR) is 200 cm³/mol. The third-order valence-corrected chi connectivity index (χ3v) is 10.0. The zero-order chi connectivity index (χ0) is 35.9. The molecule has 4 N–H and O–H groups in total. The molecule has 0 bridgehead atoms. The third kappa shape index (κ3) is 7.70. The molecular weight excluding hydrogens is 655 g/mol. The van der Waals surface area contributed by atoms with Crippen molar-refractivity contribution in [2.24, 2.45) is 5.92 Å². The molecule has 11 nitrogen and oxygen atoms in total. The number of imidazole rings is 1. The Morgan fingerprint density at radius 3 is 2.48 bits per heavy atom. The molecule has 0 unspecified atom stereocenters. The molecule has 5 rings (SSSR count). The summed E-state index contributed by atoms with van der Waals surface area (Å²) in [5.74, 6) is 2.48. The highest BCUT2D eigenvalue weighted by Gasteiger charge is 2.31. The first-order chi connectivity index (χ1) is 24.1. The first-order valence-electron chi connectivity index (χ1n) is 16.9. The number of carbonyl (C=O) groups is 2. The number of aryl methyl sites for hydroxylation is 1. The van der Waals surface area contributed by atoms with E-state index in [0.717, 1.165) is 28.6 Å². The minimum atomic E-state index is -0.703. The number of aromatic amines is 1. The smallest absolute Gasteiger partial charge is 0.243 e. The van der Waals surface area contributed by atoms with Gasteiger partial charge in [-0.25, -0.2) is 4.98 Å². The maximum Gasteiger partial charge on any atom is 0.243 e. The van der Waals surface area contributed by atoms with Crippen molar-refractivity contribution in [2.75, 3.05) is 38.7 Å². The Morgan fingerprint density at radius 2 is 1.82 bits per heavy atom. The van der Waals surface area contributed by atoms with Gasteiger partial charge in [0.1, 0.15) is 11.9 Å². The number of carbonyl (C=O) groups excluding carboxylic acids is 2. The van der Waals surface area contributed by atoms with E-state index < -0.39 is 12.1 Å². The summed E-state index contributed by atoms with van der Waals surface area (Å²) >= 11 is 1.63. The van der Waals surface area contributed by atoms with Gasteiger partial charge in [0.05, 0.1) is 50.1 Å². The molecule has 2 amide bonds. The van der Waals surface area contributed by atoms with Gasteiger partial charge in [0.2, 0.25) is 23.0 Å². The Bertz CT molecular complexity index is 1880. The van der Waals surface area contributed by atoms with Crippen LogP contribution in [0.15, 0.2) is 53.3 Å². The molecule has 3 aromatic carbocycles. The predicted octanol–water partition coefficient (Wildman–Crippen LogP) is 6.18. The van der Waals surface area contributed by atoms with E-state index >= 15 is 0 Å². The molecule has 12 heteroatoms. The van der Waals surface area contributed by atoms with Crippen LogP contribution in [-0.4, -0.2) is 61.2 Å². The number of fused-ring (bicyclic) bond motifs is 4. The van der Waals surface area contributed by atoms with Gasteiger partial charge >= 0.3 is 0 Å². The van der Waals surface area contributed by atoms with Crippen LogP contribution in [0.3, 0.4) is 0 Å². The third-order valence-electron chi connectivity index (χ3n) is 9.39. The molecule has 50 heavy (non-hydrogen) atoms. The van der Waals surface area contributed by atoms with Crippen LogP contribution in [0.25, 0.3) is 22.2 Å². The first-order valence-corrected chi connectivity index (χ1v) is 18.3. The molecule has 0 radical (unpaired) electrons. The number of para-hydroxylation sites is 2. The topological polar surface area (TPSA) is 144 Å². The SMILES string of the molecule is CC[C@H](C)[C@H](NC(=O)[C@H](CCSC)Nc1ccc2c(cc1=O)[C@@H](NC(C)=O)CCc1cc(OC)c(OC)c(OC)c1-2)c1nc2ccccc2[nH]1. The summed E-state index contributed by atoms with van der Waals surface area (Å²) in [6, 6.07) is 13.3. The molecule has 4 atom stereocenters. The Labute approximate surface area is 297 Å². The molecular formula is C38H47N5O6S. The van der Waals surface area contributed by atoms with Crippen LogP contribution in [-0.2, 0) is 16.0 Å². The monoisotopic (exact) mass is 701 g/mol. The average molecular weight is 702 g/mol. The number of hydrogen-bond acceptors (Lipinski definition) is 9. The second-order valence-electron chi connectivity index (χ2n) is 12.6. The quantitative estimate of drug-likeness (QED) is 0.121. The van der Waals surface area contributed by atoms with E-state index in [0.29, 0.717) is 59.2 Å². The lowest BCUT2D eigenvalue weighted by atomic mass is 9.95. The van der Waals surface area contributed by atoms with Gasteiger partial charge < -0.3 is 35.1 Å². The summed E-state index contributed by atoms with van der Waals surface area (Å²) in [6.07, 6.45) is 4.43.